The Morgan fingerprint density at radius 3 is 2.59 bits per heavy atom. The molecule has 0 bridgehead atoms. The maximum Gasteiger partial charge on any atom is 0.423 e. The third-order valence-corrected chi connectivity index (χ3v) is 7.01. The molecule has 0 saturated carbocycles. The summed E-state index contributed by atoms with van der Waals surface area (Å²) in [5, 5.41) is 2.94. The maximum absolute atomic E-state index is 13.9. The molecule has 2 aliphatic heterocycles. The molecule has 37 heavy (non-hydrogen) atoms. The highest BCUT2D eigenvalue weighted by atomic mass is 19.4. The molecule has 8 nitrogen and oxygen atoms in total. The molecule has 0 aliphatic carbocycles. The first-order chi connectivity index (χ1) is 17.8. The van der Waals surface area contributed by atoms with Crippen LogP contribution in [0.1, 0.15) is 41.4 Å². The van der Waals surface area contributed by atoms with Crippen molar-refractivity contribution in [3.8, 4) is 22.9 Å². The fourth-order valence-corrected chi connectivity index (χ4v) is 5.18. The molecule has 0 atom stereocenters. The van der Waals surface area contributed by atoms with Gasteiger partial charge in [-0.1, -0.05) is 6.07 Å². The monoisotopic (exact) mass is 513 g/mol. The third-order valence-electron chi connectivity index (χ3n) is 7.01. The summed E-state index contributed by atoms with van der Waals surface area (Å²) in [7, 11) is 1.21. The van der Waals surface area contributed by atoms with Crippen LogP contribution in [0.2, 0.25) is 0 Å². The fourth-order valence-electron chi connectivity index (χ4n) is 5.18. The molecule has 5 heterocycles. The number of pyridine rings is 3. The molecule has 1 N–H and O–H groups in total. The second-order valence-electron chi connectivity index (χ2n) is 9.04. The molecule has 1 fully saturated rings. The zero-order valence-corrected chi connectivity index (χ0v) is 20.4. The second kappa shape index (κ2) is 9.53. The van der Waals surface area contributed by atoms with E-state index in [0.717, 1.165) is 5.56 Å². The number of hydrogen-bond acceptors (Lipinski definition) is 7. The maximum atomic E-state index is 13.9. The normalized spacial score (nSPS) is 16.8. The molecule has 0 aromatic carbocycles. The van der Waals surface area contributed by atoms with Gasteiger partial charge in [-0.25, -0.2) is 15.0 Å². The number of rotatable bonds is 5. The van der Waals surface area contributed by atoms with Gasteiger partial charge in [0.2, 0.25) is 5.88 Å². The van der Waals surface area contributed by atoms with Crippen LogP contribution in [0.3, 0.4) is 0 Å². The minimum atomic E-state index is -4.61. The first-order valence-electron chi connectivity index (χ1n) is 12.0. The van der Waals surface area contributed by atoms with Crippen LogP contribution < -0.4 is 19.7 Å². The first-order valence-corrected chi connectivity index (χ1v) is 12.0. The molecular weight excluding hydrogens is 487 g/mol. The number of methoxy groups -OCH3 is 1. The van der Waals surface area contributed by atoms with E-state index in [1.54, 1.807) is 17.2 Å². The van der Waals surface area contributed by atoms with Gasteiger partial charge >= 0.3 is 6.18 Å². The SMILES string of the molecule is CCOc1ncccc1-c1ccc2c(n1)C(=O)NCC21CCN(c2nccc(OC)c2C(F)(F)F)CC1. The van der Waals surface area contributed by atoms with Gasteiger partial charge in [-0.2, -0.15) is 13.2 Å². The molecule has 194 valence electrons. The molecule has 1 spiro atoms. The Labute approximate surface area is 211 Å². The van der Waals surface area contributed by atoms with Crippen molar-refractivity contribution in [1.82, 2.24) is 20.3 Å². The Balaban J connectivity index is 1.46. The summed E-state index contributed by atoms with van der Waals surface area (Å²) in [4.78, 5) is 27.5. The minimum Gasteiger partial charge on any atom is -0.496 e. The lowest BCUT2D eigenvalue weighted by molar-refractivity contribution is -0.138. The zero-order chi connectivity index (χ0) is 26.2. The molecule has 11 heteroatoms. The minimum absolute atomic E-state index is 0.143. The fraction of sp³-hybridized carbons (Fsp3) is 0.385. The molecular formula is C26H26F3N5O3. The van der Waals surface area contributed by atoms with Gasteiger partial charge < -0.3 is 19.7 Å². The molecule has 3 aromatic heterocycles. The van der Waals surface area contributed by atoms with E-state index in [4.69, 9.17) is 9.47 Å². The highest BCUT2D eigenvalue weighted by Gasteiger charge is 2.45. The third kappa shape index (κ3) is 4.42. The van der Waals surface area contributed by atoms with Gasteiger partial charge in [-0.15, -0.1) is 0 Å². The van der Waals surface area contributed by atoms with Crippen LogP contribution in [0, 0.1) is 0 Å². The molecule has 2 aliphatic rings. The number of carbonyl (C=O) groups is 1. The van der Waals surface area contributed by atoms with E-state index < -0.39 is 17.2 Å². The van der Waals surface area contributed by atoms with Crippen molar-refractivity contribution in [2.24, 2.45) is 0 Å². The second-order valence-corrected chi connectivity index (χ2v) is 9.04. The predicted octanol–water partition coefficient (Wildman–Crippen LogP) is 4.25. The summed E-state index contributed by atoms with van der Waals surface area (Å²) >= 11 is 0. The lowest BCUT2D eigenvalue weighted by atomic mass is 9.70. The van der Waals surface area contributed by atoms with Crippen LogP contribution in [0.25, 0.3) is 11.3 Å². The van der Waals surface area contributed by atoms with Crippen LogP contribution in [-0.2, 0) is 11.6 Å². The van der Waals surface area contributed by atoms with Crippen molar-refractivity contribution in [3.63, 3.8) is 0 Å². The molecule has 0 unspecified atom stereocenters. The van der Waals surface area contributed by atoms with E-state index in [0.29, 0.717) is 61.9 Å². The van der Waals surface area contributed by atoms with Crippen LogP contribution in [0.5, 0.6) is 11.6 Å². The number of anilines is 1. The largest absolute Gasteiger partial charge is 0.496 e. The number of aromatic nitrogens is 3. The zero-order valence-electron chi connectivity index (χ0n) is 20.4. The summed E-state index contributed by atoms with van der Waals surface area (Å²) in [6.45, 7) is 3.35. The lowest BCUT2D eigenvalue weighted by Gasteiger charge is -2.45. The van der Waals surface area contributed by atoms with E-state index in [9.17, 15) is 18.0 Å². The lowest BCUT2D eigenvalue weighted by Crippen LogP contribution is -2.53. The van der Waals surface area contributed by atoms with Crippen molar-refractivity contribution in [2.45, 2.75) is 31.4 Å². The van der Waals surface area contributed by atoms with E-state index in [-0.39, 0.29) is 17.5 Å². The Bertz CT molecular complexity index is 1320. The van der Waals surface area contributed by atoms with Crippen LogP contribution >= 0.6 is 0 Å². The number of fused-ring (bicyclic) bond motifs is 2. The molecule has 5 rings (SSSR count). The standard InChI is InChI=1S/C26H26F3N5O3/c1-3-37-24-16(5-4-11-31-24)18-7-6-17-21(33-18)23(35)32-15-25(17)9-13-34(14-10-25)22-20(26(27,28)29)19(36-2)8-12-30-22/h4-8,11-12H,3,9-10,13-15H2,1-2H3,(H,32,35). The summed E-state index contributed by atoms with van der Waals surface area (Å²) in [5.41, 5.74) is 1.04. The van der Waals surface area contributed by atoms with Gasteiger partial charge in [0.15, 0.2) is 0 Å². The summed E-state index contributed by atoms with van der Waals surface area (Å²) < 4.78 is 52.2. The number of piperidine rings is 1. The van der Waals surface area contributed by atoms with Crippen LogP contribution in [0.15, 0.2) is 42.7 Å². The van der Waals surface area contributed by atoms with Crippen molar-refractivity contribution < 1.29 is 27.4 Å². The molecule has 1 saturated heterocycles. The van der Waals surface area contributed by atoms with Crippen molar-refractivity contribution >= 4 is 11.7 Å². The van der Waals surface area contributed by atoms with E-state index in [1.165, 1.54) is 19.4 Å². The highest BCUT2D eigenvalue weighted by Crippen LogP contribution is 2.45. The number of hydrogen-bond donors (Lipinski definition) is 1. The number of nitrogens with zero attached hydrogens (tertiary/aromatic N) is 4. The van der Waals surface area contributed by atoms with E-state index >= 15 is 0 Å². The average molecular weight is 514 g/mol. The van der Waals surface area contributed by atoms with Crippen molar-refractivity contribution in [2.75, 3.05) is 38.3 Å². The quantitative estimate of drug-likeness (QED) is 0.546. The summed E-state index contributed by atoms with van der Waals surface area (Å²) in [6, 6.07) is 8.57. The molecule has 3 aromatic rings. The summed E-state index contributed by atoms with van der Waals surface area (Å²) in [6.07, 6.45) is -0.611. The van der Waals surface area contributed by atoms with Gasteiger partial charge in [0.1, 0.15) is 22.8 Å². The predicted molar refractivity (Wildman–Crippen MR) is 130 cm³/mol. The molecule has 0 radical (unpaired) electrons. The molecule has 1 amide bonds. The topological polar surface area (TPSA) is 89.5 Å². The number of ether oxygens (including phenoxy) is 2. The number of amides is 1. The van der Waals surface area contributed by atoms with E-state index in [2.05, 4.69) is 20.3 Å². The average Bonchev–Trinajstić information content (AvgIpc) is 2.91. The Kier molecular flexibility index (Phi) is 6.38. The van der Waals surface area contributed by atoms with Gasteiger partial charge in [0.25, 0.3) is 5.91 Å². The van der Waals surface area contributed by atoms with Gasteiger partial charge in [0.05, 0.1) is 25.0 Å². The highest BCUT2D eigenvalue weighted by molar-refractivity contribution is 5.96. The number of halogens is 3. The number of nitrogens with one attached hydrogen (secondary N) is 1. The van der Waals surface area contributed by atoms with E-state index in [1.807, 2.05) is 25.1 Å². The Morgan fingerprint density at radius 1 is 1.11 bits per heavy atom. The number of carbonyl (C=O) groups excluding carboxylic acids is 1. The van der Waals surface area contributed by atoms with Crippen molar-refractivity contribution in [1.29, 1.82) is 0 Å². The Morgan fingerprint density at radius 2 is 1.89 bits per heavy atom. The summed E-state index contributed by atoms with van der Waals surface area (Å²) in [5.74, 6) is -0.245. The smallest absolute Gasteiger partial charge is 0.423 e. The van der Waals surface area contributed by atoms with Crippen LogP contribution in [0.4, 0.5) is 19.0 Å². The van der Waals surface area contributed by atoms with Gasteiger partial charge in [-0.3, -0.25) is 4.79 Å². The van der Waals surface area contributed by atoms with Gasteiger partial charge in [0, 0.05) is 37.4 Å². The van der Waals surface area contributed by atoms with Crippen molar-refractivity contribution in [3.05, 3.63) is 59.5 Å². The van der Waals surface area contributed by atoms with Gasteiger partial charge in [-0.05, 0) is 49.6 Å². The first kappa shape index (κ1) is 24.8. The number of alkyl halides is 3. The Hall–Kier alpha value is -3.89. The van der Waals surface area contributed by atoms with Crippen LogP contribution in [-0.4, -0.2) is 54.2 Å².